The first kappa shape index (κ1) is 17.3. The first-order valence-electron chi connectivity index (χ1n) is 9.12. The molecule has 1 aromatic heterocycles. The van der Waals surface area contributed by atoms with E-state index < -0.39 is 11.8 Å². The Labute approximate surface area is 160 Å². The Hall–Kier alpha value is -2.84. The molecule has 1 fully saturated rings. The zero-order valence-corrected chi connectivity index (χ0v) is 15.4. The highest BCUT2D eigenvalue weighted by atomic mass is 16.7. The smallest absolute Gasteiger partial charge is 0.339 e. The minimum absolute atomic E-state index is 0.119. The fourth-order valence-electron chi connectivity index (χ4n) is 4.19. The van der Waals surface area contributed by atoms with Gasteiger partial charge in [-0.1, -0.05) is 0 Å². The molecule has 0 bridgehead atoms. The van der Waals surface area contributed by atoms with Gasteiger partial charge in [0.05, 0.1) is 25.9 Å². The van der Waals surface area contributed by atoms with Gasteiger partial charge in [-0.15, -0.1) is 0 Å². The Kier molecular flexibility index (Phi) is 3.92. The number of hydrogen-bond acceptors (Lipinski definition) is 7. The van der Waals surface area contributed by atoms with E-state index in [0.29, 0.717) is 60.8 Å². The normalized spacial score (nSPS) is 18.9. The van der Waals surface area contributed by atoms with Gasteiger partial charge >= 0.3 is 5.97 Å². The van der Waals surface area contributed by atoms with E-state index >= 15 is 0 Å². The van der Waals surface area contributed by atoms with E-state index in [2.05, 4.69) is 0 Å². The lowest BCUT2D eigenvalue weighted by molar-refractivity contribution is -0.169. The van der Waals surface area contributed by atoms with E-state index in [1.807, 2.05) is 4.57 Å². The number of aromatic nitrogens is 1. The molecular weight excluding hydrogens is 366 g/mol. The number of carbonyl (C=O) groups excluding carboxylic acids is 2. The van der Waals surface area contributed by atoms with Gasteiger partial charge < -0.3 is 28.3 Å². The summed E-state index contributed by atoms with van der Waals surface area (Å²) in [6.45, 7) is 1.79. The number of methoxy groups -OCH3 is 1. The number of rotatable bonds is 3. The molecule has 1 saturated heterocycles. The molecule has 5 rings (SSSR count). The predicted molar refractivity (Wildman–Crippen MR) is 95.7 cm³/mol. The SMILES string of the molecule is COC(=O)c1cc(-c2cc3c(cc2C=O)OCO3)n2c1CC1(CC2)OCCO1. The molecule has 0 amide bonds. The Morgan fingerprint density at radius 1 is 1.18 bits per heavy atom. The summed E-state index contributed by atoms with van der Waals surface area (Å²) in [5, 5.41) is 0. The van der Waals surface area contributed by atoms with Crippen molar-refractivity contribution in [1.82, 2.24) is 4.57 Å². The lowest BCUT2D eigenvalue weighted by Gasteiger charge is -2.33. The molecule has 4 heterocycles. The van der Waals surface area contributed by atoms with Gasteiger partial charge in [0.2, 0.25) is 6.79 Å². The van der Waals surface area contributed by atoms with Crippen molar-refractivity contribution in [2.24, 2.45) is 0 Å². The van der Waals surface area contributed by atoms with Crippen LogP contribution in [0.25, 0.3) is 11.3 Å². The third kappa shape index (κ3) is 2.52. The number of ether oxygens (including phenoxy) is 5. The van der Waals surface area contributed by atoms with Gasteiger partial charge in [-0.25, -0.2) is 4.79 Å². The van der Waals surface area contributed by atoms with Crippen molar-refractivity contribution in [2.45, 2.75) is 25.2 Å². The molecule has 1 spiro atoms. The molecule has 0 atom stereocenters. The second kappa shape index (κ2) is 6.35. The zero-order valence-electron chi connectivity index (χ0n) is 15.4. The average molecular weight is 385 g/mol. The summed E-state index contributed by atoms with van der Waals surface area (Å²) < 4.78 is 29.6. The van der Waals surface area contributed by atoms with E-state index in [9.17, 15) is 9.59 Å². The maximum Gasteiger partial charge on any atom is 0.339 e. The van der Waals surface area contributed by atoms with Crippen molar-refractivity contribution < 1.29 is 33.3 Å². The van der Waals surface area contributed by atoms with Crippen molar-refractivity contribution >= 4 is 12.3 Å². The second-order valence-electron chi connectivity index (χ2n) is 6.98. The molecule has 28 heavy (non-hydrogen) atoms. The third-order valence-corrected chi connectivity index (χ3v) is 5.53. The molecule has 0 radical (unpaired) electrons. The summed E-state index contributed by atoms with van der Waals surface area (Å²) in [6.07, 6.45) is 1.88. The van der Waals surface area contributed by atoms with Gasteiger partial charge in [0.15, 0.2) is 23.6 Å². The predicted octanol–water partition coefficient (Wildman–Crippen LogP) is 2.17. The molecule has 0 aliphatic carbocycles. The standard InChI is InChI=1S/C20H19NO7/c1-24-19(23)14-7-15(13-8-18-17(25-11-26-18)6-12(13)10-22)21-3-2-20(9-16(14)21)27-4-5-28-20/h6-8,10H,2-5,9,11H2,1H3. The summed E-state index contributed by atoms with van der Waals surface area (Å²) >= 11 is 0. The van der Waals surface area contributed by atoms with Gasteiger partial charge in [0.1, 0.15) is 0 Å². The summed E-state index contributed by atoms with van der Waals surface area (Å²) in [5.74, 6) is -0.0170. The third-order valence-electron chi connectivity index (χ3n) is 5.53. The van der Waals surface area contributed by atoms with Crippen LogP contribution < -0.4 is 9.47 Å². The lowest BCUT2D eigenvalue weighted by atomic mass is 10.00. The molecule has 1 aromatic carbocycles. The Balaban J connectivity index is 1.67. The van der Waals surface area contributed by atoms with Crippen molar-refractivity contribution in [3.63, 3.8) is 0 Å². The topological polar surface area (TPSA) is 85.2 Å². The Bertz CT molecular complexity index is 971. The average Bonchev–Trinajstić information content (AvgIpc) is 3.44. The van der Waals surface area contributed by atoms with Crippen molar-refractivity contribution in [1.29, 1.82) is 0 Å². The molecule has 146 valence electrons. The Morgan fingerprint density at radius 2 is 1.93 bits per heavy atom. The molecule has 0 unspecified atom stereocenters. The monoisotopic (exact) mass is 385 g/mol. The second-order valence-corrected chi connectivity index (χ2v) is 6.98. The highest BCUT2D eigenvalue weighted by molar-refractivity contribution is 5.95. The molecule has 8 nitrogen and oxygen atoms in total. The van der Waals surface area contributed by atoms with Gasteiger partial charge in [-0.3, -0.25) is 4.79 Å². The highest BCUT2D eigenvalue weighted by Crippen LogP contribution is 2.42. The van der Waals surface area contributed by atoms with Gasteiger partial charge in [0.25, 0.3) is 0 Å². The molecule has 3 aliphatic rings. The van der Waals surface area contributed by atoms with E-state index in [4.69, 9.17) is 23.7 Å². The maximum atomic E-state index is 12.4. The van der Waals surface area contributed by atoms with Crippen molar-refractivity contribution in [3.8, 4) is 22.8 Å². The Morgan fingerprint density at radius 3 is 2.64 bits per heavy atom. The van der Waals surface area contributed by atoms with Crippen LogP contribution in [0.4, 0.5) is 0 Å². The quantitative estimate of drug-likeness (QED) is 0.591. The minimum atomic E-state index is -0.698. The molecule has 8 heteroatoms. The fourth-order valence-corrected chi connectivity index (χ4v) is 4.19. The highest BCUT2D eigenvalue weighted by Gasteiger charge is 2.42. The number of carbonyl (C=O) groups is 2. The first-order chi connectivity index (χ1) is 13.6. The number of esters is 1. The van der Waals surface area contributed by atoms with Crippen LogP contribution in [0.5, 0.6) is 11.5 Å². The van der Waals surface area contributed by atoms with E-state index in [-0.39, 0.29) is 6.79 Å². The summed E-state index contributed by atoms with van der Waals surface area (Å²) in [7, 11) is 1.35. The molecule has 0 saturated carbocycles. The van der Waals surface area contributed by atoms with Gasteiger partial charge in [0, 0.05) is 41.9 Å². The molecule has 3 aliphatic heterocycles. The van der Waals surface area contributed by atoms with Crippen molar-refractivity contribution in [2.75, 3.05) is 27.1 Å². The van der Waals surface area contributed by atoms with Crippen LogP contribution in [0, 0.1) is 0 Å². The van der Waals surface area contributed by atoms with Crippen LogP contribution in [0.15, 0.2) is 18.2 Å². The van der Waals surface area contributed by atoms with E-state index in [1.54, 1.807) is 18.2 Å². The van der Waals surface area contributed by atoms with Crippen LogP contribution in [0.3, 0.4) is 0 Å². The number of hydrogen-bond donors (Lipinski definition) is 0. The van der Waals surface area contributed by atoms with Crippen LogP contribution in [0.1, 0.15) is 32.8 Å². The summed E-state index contributed by atoms with van der Waals surface area (Å²) in [6, 6.07) is 5.21. The van der Waals surface area contributed by atoms with Crippen LogP contribution in [-0.4, -0.2) is 49.7 Å². The largest absolute Gasteiger partial charge is 0.465 e. The molecular formula is C20H19NO7. The lowest BCUT2D eigenvalue weighted by Crippen LogP contribution is -2.39. The zero-order chi connectivity index (χ0) is 19.3. The van der Waals surface area contributed by atoms with Gasteiger partial charge in [-0.2, -0.15) is 0 Å². The van der Waals surface area contributed by atoms with E-state index in [1.165, 1.54) is 7.11 Å². The maximum absolute atomic E-state index is 12.4. The summed E-state index contributed by atoms with van der Waals surface area (Å²) in [4.78, 5) is 24.2. The number of nitrogens with zero attached hydrogens (tertiary/aromatic N) is 1. The van der Waals surface area contributed by atoms with Crippen LogP contribution >= 0.6 is 0 Å². The first-order valence-corrected chi connectivity index (χ1v) is 9.12. The fraction of sp³-hybridized carbons (Fsp3) is 0.400. The molecule has 0 N–H and O–H groups in total. The summed E-state index contributed by atoms with van der Waals surface area (Å²) in [5.41, 5.74) is 3.13. The van der Waals surface area contributed by atoms with Crippen LogP contribution in [-0.2, 0) is 27.2 Å². The van der Waals surface area contributed by atoms with E-state index in [0.717, 1.165) is 17.7 Å². The number of benzene rings is 1. The number of aldehydes is 1. The van der Waals surface area contributed by atoms with Crippen molar-refractivity contribution in [3.05, 3.63) is 35.0 Å². The molecule has 2 aromatic rings. The van der Waals surface area contributed by atoms with Crippen LogP contribution in [0.2, 0.25) is 0 Å². The minimum Gasteiger partial charge on any atom is -0.465 e. The van der Waals surface area contributed by atoms with Gasteiger partial charge in [-0.05, 0) is 18.2 Å². The number of fused-ring (bicyclic) bond motifs is 2.